The summed E-state index contributed by atoms with van der Waals surface area (Å²) in [6, 6.07) is 9.38. The van der Waals surface area contributed by atoms with Crippen LogP contribution >= 0.6 is 11.3 Å². The number of carbonyl (C=O) groups excluding carboxylic acids is 2. The second-order valence-corrected chi connectivity index (χ2v) is 10.3. The maximum absolute atomic E-state index is 12.2. The Morgan fingerprint density at radius 3 is 2.76 bits per heavy atom. The Hall–Kier alpha value is -3.22. The number of nitrogens with one attached hydrogen (secondary N) is 2. The lowest BCUT2D eigenvalue weighted by Gasteiger charge is -2.40. The number of carbonyl (C=O) groups is 2. The minimum Gasteiger partial charge on any atom is -0.378 e. The average Bonchev–Trinajstić information content (AvgIpc) is 3.41. The number of benzene rings is 1. The lowest BCUT2D eigenvalue weighted by Crippen LogP contribution is -2.51. The van der Waals surface area contributed by atoms with E-state index in [9.17, 15) is 18.0 Å². The van der Waals surface area contributed by atoms with Crippen LogP contribution in [0.5, 0.6) is 0 Å². The Labute approximate surface area is 195 Å². The molecule has 0 bridgehead atoms. The summed E-state index contributed by atoms with van der Waals surface area (Å²) in [5.74, 6) is -0.988. The van der Waals surface area contributed by atoms with E-state index in [-0.39, 0.29) is 18.2 Å². The zero-order valence-corrected chi connectivity index (χ0v) is 19.6. The SMILES string of the molecule is COC1CN(c2cccc(-c3csc(NC(=O)CNC(=O)c4ccn(S(C)(=O)=O)c4)n3)c2)C1. The molecule has 2 aromatic heterocycles. The minimum atomic E-state index is -3.48. The molecule has 2 N–H and O–H groups in total. The van der Waals surface area contributed by atoms with Gasteiger partial charge in [0.15, 0.2) is 5.13 Å². The quantitative estimate of drug-likeness (QED) is 0.493. The Balaban J connectivity index is 1.32. The van der Waals surface area contributed by atoms with Crippen LogP contribution in [0.3, 0.4) is 0 Å². The van der Waals surface area contributed by atoms with Gasteiger partial charge in [-0.2, -0.15) is 0 Å². The molecule has 0 unspecified atom stereocenters. The van der Waals surface area contributed by atoms with Gasteiger partial charge in [0.25, 0.3) is 5.91 Å². The molecular formula is C21H23N5O5S2. The van der Waals surface area contributed by atoms with Gasteiger partial charge in [0, 0.05) is 49.2 Å². The van der Waals surface area contributed by atoms with Crippen molar-refractivity contribution in [2.45, 2.75) is 6.10 Å². The molecular weight excluding hydrogens is 466 g/mol. The summed E-state index contributed by atoms with van der Waals surface area (Å²) < 4.78 is 29.2. The molecule has 10 nitrogen and oxygen atoms in total. The first kappa shape index (κ1) is 23.0. The van der Waals surface area contributed by atoms with Crippen LogP contribution in [-0.4, -0.2) is 68.3 Å². The molecule has 0 spiro atoms. The molecule has 0 radical (unpaired) electrons. The fourth-order valence-corrected chi connectivity index (χ4v) is 4.59. The lowest BCUT2D eigenvalue weighted by molar-refractivity contribution is -0.115. The maximum Gasteiger partial charge on any atom is 0.253 e. The highest BCUT2D eigenvalue weighted by Gasteiger charge is 2.26. The van der Waals surface area contributed by atoms with Crippen LogP contribution in [-0.2, 0) is 19.6 Å². The third-order valence-corrected chi connectivity index (χ3v) is 6.91. The first-order chi connectivity index (χ1) is 15.7. The van der Waals surface area contributed by atoms with Crippen molar-refractivity contribution in [1.82, 2.24) is 14.3 Å². The van der Waals surface area contributed by atoms with Crippen molar-refractivity contribution in [2.24, 2.45) is 0 Å². The Bertz CT molecular complexity index is 1280. The van der Waals surface area contributed by atoms with Crippen molar-refractivity contribution in [3.63, 3.8) is 0 Å². The molecule has 0 saturated carbocycles. The van der Waals surface area contributed by atoms with Crippen molar-refractivity contribution in [3.05, 3.63) is 53.7 Å². The third kappa shape index (κ3) is 5.41. The largest absolute Gasteiger partial charge is 0.378 e. The molecule has 3 aromatic rings. The van der Waals surface area contributed by atoms with Crippen LogP contribution < -0.4 is 15.5 Å². The number of hydrogen-bond acceptors (Lipinski definition) is 8. The van der Waals surface area contributed by atoms with Crippen LogP contribution in [0, 0.1) is 0 Å². The topological polar surface area (TPSA) is 123 Å². The number of methoxy groups -OCH3 is 1. The van der Waals surface area contributed by atoms with Crippen LogP contribution in [0.2, 0.25) is 0 Å². The van der Waals surface area contributed by atoms with Crippen molar-refractivity contribution in [2.75, 3.05) is 43.2 Å². The predicted octanol–water partition coefficient (Wildman–Crippen LogP) is 1.62. The maximum atomic E-state index is 12.2. The lowest BCUT2D eigenvalue weighted by atomic mass is 10.1. The average molecular weight is 490 g/mol. The molecule has 3 heterocycles. The molecule has 0 atom stereocenters. The van der Waals surface area contributed by atoms with Crippen LogP contribution in [0.25, 0.3) is 11.3 Å². The van der Waals surface area contributed by atoms with E-state index in [0.717, 1.165) is 40.3 Å². The molecule has 1 aromatic carbocycles. The van der Waals surface area contributed by atoms with E-state index in [0.29, 0.717) is 5.13 Å². The molecule has 4 rings (SSSR count). The van der Waals surface area contributed by atoms with Gasteiger partial charge < -0.3 is 20.3 Å². The fourth-order valence-electron chi connectivity index (χ4n) is 3.27. The summed E-state index contributed by atoms with van der Waals surface area (Å²) in [5.41, 5.74) is 2.91. The van der Waals surface area contributed by atoms with E-state index in [1.165, 1.54) is 29.8 Å². The molecule has 1 fully saturated rings. The molecule has 12 heteroatoms. The highest BCUT2D eigenvalue weighted by Crippen LogP contribution is 2.30. The number of amides is 2. The van der Waals surface area contributed by atoms with Gasteiger partial charge in [-0.15, -0.1) is 11.3 Å². The summed E-state index contributed by atoms with van der Waals surface area (Å²) in [7, 11) is -1.76. The van der Waals surface area contributed by atoms with Gasteiger partial charge in [-0.1, -0.05) is 12.1 Å². The molecule has 1 saturated heterocycles. The molecule has 1 aliphatic heterocycles. The van der Waals surface area contributed by atoms with Gasteiger partial charge in [0.1, 0.15) is 0 Å². The van der Waals surface area contributed by atoms with E-state index in [1.54, 1.807) is 7.11 Å². The molecule has 0 aliphatic carbocycles. The summed E-state index contributed by atoms with van der Waals surface area (Å²) in [5, 5.41) is 7.41. The monoisotopic (exact) mass is 489 g/mol. The van der Waals surface area contributed by atoms with Gasteiger partial charge in [0.05, 0.1) is 30.2 Å². The summed E-state index contributed by atoms with van der Waals surface area (Å²) in [4.78, 5) is 31.1. The Kier molecular flexibility index (Phi) is 6.49. The van der Waals surface area contributed by atoms with Crippen molar-refractivity contribution >= 4 is 44.0 Å². The third-order valence-electron chi connectivity index (χ3n) is 5.16. The zero-order valence-electron chi connectivity index (χ0n) is 18.0. The number of ether oxygens (including phenoxy) is 1. The van der Waals surface area contributed by atoms with E-state index in [4.69, 9.17) is 4.74 Å². The van der Waals surface area contributed by atoms with E-state index < -0.39 is 21.8 Å². The van der Waals surface area contributed by atoms with Crippen molar-refractivity contribution in [1.29, 1.82) is 0 Å². The van der Waals surface area contributed by atoms with E-state index in [2.05, 4.69) is 26.6 Å². The summed E-state index contributed by atoms with van der Waals surface area (Å²) >= 11 is 1.29. The first-order valence-corrected chi connectivity index (χ1v) is 12.8. The Morgan fingerprint density at radius 1 is 1.27 bits per heavy atom. The first-order valence-electron chi connectivity index (χ1n) is 10.0. The smallest absolute Gasteiger partial charge is 0.253 e. The minimum absolute atomic E-state index is 0.142. The van der Waals surface area contributed by atoms with E-state index >= 15 is 0 Å². The molecule has 33 heavy (non-hydrogen) atoms. The van der Waals surface area contributed by atoms with Gasteiger partial charge in [-0.05, 0) is 18.2 Å². The number of nitrogens with zero attached hydrogens (tertiary/aromatic N) is 3. The summed E-state index contributed by atoms with van der Waals surface area (Å²) in [6.07, 6.45) is 3.76. The second kappa shape index (κ2) is 9.33. The van der Waals surface area contributed by atoms with E-state index in [1.807, 2.05) is 23.6 Å². The Morgan fingerprint density at radius 2 is 2.06 bits per heavy atom. The summed E-state index contributed by atoms with van der Waals surface area (Å²) in [6.45, 7) is 1.43. The van der Waals surface area contributed by atoms with Crippen LogP contribution in [0.4, 0.5) is 10.8 Å². The highest BCUT2D eigenvalue weighted by molar-refractivity contribution is 7.89. The van der Waals surface area contributed by atoms with Gasteiger partial charge >= 0.3 is 0 Å². The molecule has 174 valence electrons. The van der Waals surface area contributed by atoms with Crippen LogP contribution in [0.1, 0.15) is 10.4 Å². The molecule has 2 amide bonds. The molecule has 1 aliphatic rings. The number of thiazole rings is 1. The second-order valence-electron chi connectivity index (χ2n) is 7.57. The number of rotatable bonds is 8. The van der Waals surface area contributed by atoms with Gasteiger partial charge in [-0.25, -0.2) is 13.4 Å². The number of hydrogen-bond donors (Lipinski definition) is 2. The highest BCUT2D eigenvalue weighted by atomic mass is 32.2. The predicted molar refractivity (Wildman–Crippen MR) is 126 cm³/mol. The number of anilines is 2. The number of aromatic nitrogens is 2. The van der Waals surface area contributed by atoms with Gasteiger partial charge in [0.2, 0.25) is 15.9 Å². The van der Waals surface area contributed by atoms with Crippen LogP contribution in [0.15, 0.2) is 48.1 Å². The normalized spacial score (nSPS) is 14.1. The van der Waals surface area contributed by atoms with Crippen molar-refractivity contribution in [3.8, 4) is 11.3 Å². The zero-order chi connectivity index (χ0) is 23.6. The van der Waals surface area contributed by atoms with Gasteiger partial charge in [-0.3, -0.25) is 13.6 Å². The standard InChI is InChI=1S/C21H23N5O5S2/c1-31-17-11-25(12-17)16-5-3-4-14(8-16)18-13-32-21(23-18)24-19(27)9-22-20(28)15-6-7-26(10-15)33(2,29)30/h3-8,10,13,17H,9,11-12H2,1-2H3,(H,22,28)(H,23,24,27). The van der Waals surface area contributed by atoms with Crippen molar-refractivity contribution < 1.29 is 22.7 Å². The fraction of sp³-hybridized carbons (Fsp3) is 0.286.